The quantitative estimate of drug-likeness (QED) is 0.301. The maximum atomic E-state index is 12.6. The van der Waals surface area contributed by atoms with Gasteiger partial charge in [0.2, 0.25) is 0 Å². The Bertz CT molecular complexity index is 1370. The summed E-state index contributed by atoms with van der Waals surface area (Å²) in [4.78, 5) is 8.17. The molecular formula is C30H29F3N5. The van der Waals surface area contributed by atoms with E-state index in [2.05, 4.69) is 64.0 Å². The summed E-state index contributed by atoms with van der Waals surface area (Å²) in [7, 11) is 0. The average molecular weight is 517 g/mol. The van der Waals surface area contributed by atoms with E-state index in [9.17, 15) is 13.2 Å². The molecule has 6 rings (SSSR count). The van der Waals surface area contributed by atoms with Gasteiger partial charge in [0, 0.05) is 56.6 Å². The van der Waals surface area contributed by atoms with E-state index in [1.54, 1.807) is 0 Å². The number of pyridine rings is 1. The van der Waals surface area contributed by atoms with Gasteiger partial charge in [-0.25, -0.2) is 4.98 Å². The SMILES string of the molecule is CCn1nc(-c2ccccc2)cc1-c1ccccc1.FC(F)(F)c1ccnc(N2CCN(C3=C[CH]3)CC2)c1. The molecule has 38 heavy (non-hydrogen) atoms. The van der Waals surface area contributed by atoms with Crippen LogP contribution in [0.15, 0.2) is 96.8 Å². The van der Waals surface area contributed by atoms with Crippen molar-refractivity contribution in [3.05, 3.63) is 109 Å². The molecule has 1 radical (unpaired) electrons. The van der Waals surface area contributed by atoms with Gasteiger partial charge in [-0.3, -0.25) is 4.68 Å². The molecule has 1 fully saturated rings. The first-order chi connectivity index (χ1) is 18.4. The largest absolute Gasteiger partial charge is 0.416 e. The molecule has 4 aromatic rings. The van der Waals surface area contributed by atoms with E-state index in [4.69, 9.17) is 5.10 Å². The first kappa shape index (κ1) is 25.6. The molecule has 2 aliphatic rings. The molecule has 5 nitrogen and oxygen atoms in total. The first-order valence-corrected chi connectivity index (χ1v) is 12.7. The van der Waals surface area contributed by atoms with Gasteiger partial charge in [-0.15, -0.1) is 0 Å². The Hall–Kier alpha value is -4.07. The van der Waals surface area contributed by atoms with E-state index in [1.807, 2.05) is 41.7 Å². The van der Waals surface area contributed by atoms with Crippen molar-refractivity contribution in [3.8, 4) is 22.5 Å². The van der Waals surface area contributed by atoms with Crippen molar-refractivity contribution < 1.29 is 13.2 Å². The summed E-state index contributed by atoms with van der Waals surface area (Å²) in [5.74, 6) is 0.406. The van der Waals surface area contributed by atoms with E-state index in [-0.39, 0.29) is 0 Å². The Balaban J connectivity index is 0.000000155. The Morgan fingerprint density at radius 1 is 0.789 bits per heavy atom. The number of aromatic nitrogens is 3. The van der Waals surface area contributed by atoms with Crippen molar-refractivity contribution >= 4 is 5.82 Å². The van der Waals surface area contributed by atoms with E-state index >= 15 is 0 Å². The molecule has 0 bridgehead atoms. The molecule has 2 aromatic heterocycles. The monoisotopic (exact) mass is 516 g/mol. The molecule has 1 saturated heterocycles. The molecule has 8 heteroatoms. The van der Waals surface area contributed by atoms with Crippen LogP contribution >= 0.6 is 0 Å². The summed E-state index contributed by atoms with van der Waals surface area (Å²) >= 11 is 0. The number of anilines is 1. The number of halogens is 3. The zero-order chi connectivity index (χ0) is 26.5. The number of rotatable bonds is 5. The minimum Gasteiger partial charge on any atom is -0.371 e. The van der Waals surface area contributed by atoms with Crippen molar-refractivity contribution in [2.75, 3.05) is 31.1 Å². The van der Waals surface area contributed by atoms with Gasteiger partial charge < -0.3 is 9.80 Å². The first-order valence-electron chi connectivity index (χ1n) is 12.7. The fraction of sp³-hybridized carbons (Fsp3) is 0.233. The molecule has 2 aromatic carbocycles. The lowest BCUT2D eigenvalue weighted by Gasteiger charge is -2.35. The van der Waals surface area contributed by atoms with E-state index < -0.39 is 11.7 Å². The van der Waals surface area contributed by atoms with Crippen LogP contribution in [0.1, 0.15) is 12.5 Å². The van der Waals surface area contributed by atoms with Crippen LogP contribution in [0.25, 0.3) is 22.5 Å². The Morgan fingerprint density at radius 3 is 1.97 bits per heavy atom. The standard InChI is InChI=1S/C17H16N2.C13H13F3N3/c1-2-19-17(15-11-7-4-8-12-15)13-16(18-19)14-9-5-3-6-10-14;14-13(15,16)10-3-4-17-12(9-10)19-7-5-18(6-8-19)11-1-2-11/h3-13H,2H2,1H3;1-4,9H,5-8H2. The normalized spacial score (nSPS) is 15.0. The predicted molar refractivity (Wildman–Crippen MR) is 144 cm³/mol. The number of benzene rings is 2. The second-order valence-electron chi connectivity index (χ2n) is 9.10. The summed E-state index contributed by atoms with van der Waals surface area (Å²) in [5, 5.41) is 4.69. The number of alkyl halides is 3. The molecule has 3 heterocycles. The summed E-state index contributed by atoms with van der Waals surface area (Å²) in [6, 6.07) is 25.0. The lowest BCUT2D eigenvalue weighted by molar-refractivity contribution is -0.137. The molecule has 1 aliphatic carbocycles. The van der Waals surface area contributed by atoms with Crippen LogP contribution in [0.5, 0.6) is 0 Å². The van der Waals surface area contributed by atoms with Crippen molar-refractivity contribution in [3.63, 3.8) is 0 Å². The van der Waals surface area contributed by atoms with Gasteiger partial charge in [0.15, 0.2) is 0 Å². The van der Waals surface area contributed by atoms with Crippen LogP contribution in [0.2, 0.25) is 0 Å². The van der Waals surface area contributed by atoms with Crippen molar-refractivity contribution in [1.29, 1.82) is 0 Å². The van der Waals surface area contributed by atoms with Crippen LogP contribution in [0.4, 0.5) is 19.0 Å². The van der Waals surface area contributed by atoms with Crippen LogP contribution in [-0.2, 0) is 12.7 Å². The molecule has 0 spiro atoms. The number of nitrogens with zero attached hydrogens (tertiary/aromatic N) is 5. The molecule has 1 aliphatic heterocycles. The van der Waals surface area contributed by atoms with Gasteiger partial charge in [0.05, 0.1) is 17.0 Å². The third kappa shape index (κ3) is 6.07. The average Bonchev–Trinajstić information content (AvgIpc) is 3.72. The molecule has 0 unspecified atom stereocenters. The maximum absolute atomic E-state index is 12.6. The van der Waals surface area contributed by atoms with Crippen LogP contribution < -0.4 is 4.90 Å². The van der Waals surface area contributed by atoms with Crippen LogP contribution in [-0.4, -0.2) is 45.8 Å². The van der Waals surface area contributed by atoms with Crippen molar-refractivity contribution in [2.45, 2.75) is 19.6 Å². The highest BCUT2D eigenvalue weighted by atomic mass is 19.4. The summed E-state index contributed by atoms with van der Waals surface area (Å²) in [6.45, 7) is 6.02. The van der Waals surface area contributed by atoms with E-state index in [1.165, 1.54) is 23.2 Å². The van der Waals surface area contributed by atoms with Gasteiger partial charge in [0.1, 0.15) is 5.82 Å². The maximum Gasteiger partial charge on any atom is 0.416 e. The lowest BCUT2D eigenvalue weighted by atomic mass is 10.1. The summed E-state index contributed by atoms with van der Waals surface area (Å²) in [6.07, 6.45) is 0.991. The van der Waals surface area contributed by atoms with Gasteiger partial charge in [-0.1, -0.05) is 66.7 Å². The zero-order valence-corrected chi connectivity index (χ0v) is 21.1. The second-order valence-corrected chi connectivity index (χ2v) is 9.10. The third-order valence-electron chi connectivity index (χ3n) is 6.58. The summed E-state index contributed by atoms with van der Waals surface area (Å²) < 4.78 is 40.0. The lowest BCUT2D eigenvalue weighted by Crippen LogP contribution is -2.45. The zero-order valence-electron chi connectivity index (χ0n) is 21.1. The van der Waals surface area contributed by atoms with E-state index in [0.29, 0.717) is 18.9 Å². The fourth-order valence-electron chi connectivity index (χ4n) is 4.46. The minimum absolute atomic E-state index is 0.406. The number of allylic oxidation sites excluding steroid dienone is 2. The van der Waals surface area contributed by atoms with Gasteiger partial charge in [0.25, 0.3) is 0 Å². The number of piperazine rings is 1. The molecular weight excluding hydrogens is 487 g/mol. The van der Waals surface area contributed by atoms with E-state index in [0.717, 1.165) is 43.0 Å². The minimum atomic E-state index is -4.31. The highest BCUT2D eigenvalue weighted by Gasteiger charge is 2.31. The molecule has 0 atom stereocenters. The van der Waals surface area contributed by atoms with Gasteiger partial charge in [-0.2, -0.15) is 18.3 Å². The smallest absolute Gasteiger partial charge is 0.371 e. The third-order valence-corrected chi connectivity index (χ3v) is 6.58. The summed E-state index contributed by atoms with van der Waals surface area (Å²) in [5.41, 5.74) is 5.16. The highest BCUT2D eigenvalue weighted by molar-refractivity contribution is 5.68. The Labute approximate surface area is 220 Å². The molecule has 0 amide bonds. The van der Waals surface area contributed by atoms with Crippen LogP contribution in [0.3, 0.4) is 0 Å². The molecule has 0 saturated carbocycles. The number of aryl methyl sites for hydroxylation is 1. The van der Waals surface area contributed by atoms with Gasteiger partial charge in [-0.05, 0) is 30.7 Å². The molecule has 0 N–H and O–H groups in total. The Morgan fingerprint density at radius 2 is 1.39 bits per heavy atom. The van der Waals surface area contributed by atoms with Crippen molar-refractivity contribution in [2.24, 2.45) is 0 Å². The van der Waals surface area contributed by atoms with Crippen LogP contribution in [0, 0.1) is 6.42 Å². The Kier molecular flexibility index (Phi) is 7.49. The highest BCUT2D eigenvalue weighted by Crippen LogP contribution is 2.31. The topological polar surface area (TPSA) is 37.2 Å². The second kappa shape index (κ2) is 11.1. The number of hydrogen-bond donors (Lipinski definition) is 0. The molecule has 195 valence electrons. The predicted octanol–water partition coefficient (Wildman–Crippen LogP) is 6.56. The van der Waals surface area contributed by atoms with Gasteiger partial charge >= 0.3 is 6.18 Å². The van der Waals surface area contributed by atoms with Crippen molar-refractivity contribution in [1.82, 2.24) is 19.7 Å². The number of hydrogen-bond acceptors (Lipinski definition) is 4. The fourth-order valence-corrected chi connectivity index (χ4v) is 4.46.